The van der Waals surface area contributed by atoms with Crippen LogP contribution in [0.25, 0.3) is 0 Å². The summed E-state index contributed by atoms with van der Waals surface area (Å²) in [5, 5.41) is 2.81. The van der Waals surface area contributed by atoms with Crippen molar-refractivity contribution in [3.8, 4) is 0 Å². The van der Waals surface area contributed by atoms with Gasteiger partial charge in [-0.2, -0.15) is 0 Å². The highest BCUT2D eigenvalue weighted by molar-refractivity contribution is 7.98. The van der Waals surface area contributed by atoms with E-state index in [-0.39, 0.29) is 5.91 Å². The summed E-state index contributed by atoms with van der Waals surface area (Å²) in [6.07, 6.45) is 2.00. The molecule has 3 nitrogen and oxygen atoms in total. The molecule has 0 aliphatic carbocycles. The lowest BCUT2D eigenvalue weighted by Crippen LogP contribution is -2.32. The molecule has 1 aromatic rings. The highest BCUT2D eigenvalue weighted by Gasteiger charge is 2.09. The van der Waals surface area contributed by atoms with Crippen LogP contribution in [0.1, 0.15) is 12.5 Å². The first-order chi connectivity index (χ1) is 7.04. The molecule has 1 unspecified atom stereocenters. The molecular weight excluding hydrogens is 208 g/mol. The number of aryl methyl sites for hydroxylation is 1. The Bertz CT molecular complexity index is 364. The van der Waals surface area contributed by atoms with E-state index < -0.39 is 6.04 Å². The maximum Gasteiger partial charge on any atom is 0.241 e. The Hall–Kier alpha value is -1.00. The number of nitrogens with one attached hydrogen (secondary N) is 1. The van der Waals surface area contributed by atoms with E-state index in [4.69, 9.17) is 5.73 Å². The Morgan fingerprint density at radius 2 is 2.20 bits per heavy atom. The Kier molecular flexibility index (Phi) is 4.17. The van der Waals surface area contributed by atoms with Crippen LogP contribution in [0.3, 0.4) is 0 Å². The Balaban J connectivity index is 2.88. The molecule has 1 atom stereocenters. The molecule has 1 aromatic carbocycles. The van der Waals surface area contributed by atoms with Crippen molar-refractivity contribution in [1.82, 2.24) is 0 Å². The van der Waals surface area contributed by atoms with Crippen LogP contribution in [-0.4, -0.2) is 18.2 Å². The van der Waals surface area contributed by atoms with Crippen LogP contribution in [0.5, 0.6) is 0 Å². The molecule has 0 fully saturated rings. The number of carbonyl (C=O) groups excluding carboxylic acids is 1. The van der Waals surface area contributed by atoms with Crippen LogP contribution in [0, 0.1) is 6.92 Å². The van der Waals surface area contributed by atoms with Gasteiger partial charge in [0, 0.05) is 10.6 Å². The second-order valence-corrected chi connectivity index (χ2v) is 4.34. The SMILES string of the molecule is CSc1ccc(C)c(NC(=O)C(C)N)c1. The lowest BCUT2D eigenvalue weighted by molar-refractivity contribution is -0.117. The molecule has 4 heteroatoms. The molecule has 0 heterocycles. The summed E-state index contributed by atoms with van der Waals surface area (Å²) in [4.78, 5) is 12.5. The number of amides is 1. The van der Waals surface area contributed by atoms with Crippen molar-refractivity contribution in [2.45, 2.75) is 24.8 Å². The van der Waals surface area contributed by atoms with E-state index in [9.17, 15) is 4.79 Å². The minimum atomic E-state index is -0.484. The molecule has 0 spiro atoms. The van der Waals surface area contributed by atoms with Crippen LogP contribution in [0.2, 0.25) is 0 Å². The Morgan fingerprint density at radius 3 is 2.73 bits per heavy atom. The molecule has 0 saturated heterocycles. The van der Waals surface area contributed by atoms with Crippen molar-refractivity contribution in [2.24, 2.45) is 5.73 Å². The minimum Gasteiger partial charge on any atom is -0.324 e. The molecule has 3 N–H and O–H groups in total. The molecule has 82 valence electrons. The Morgan fingerprint density at radius 1 is 1.53 bits per heavy atom. The largest absolute Gasteiger partial charge is 0.324 e. The average molecular weight is 224 g/mol. The van der Waals surface area contributed by atoms with E-state index >= 15 is 0 Å². The van der Waals surface area contributed by atoms with Crippen molar-refractivity contribution >= 4 is 23.4 Å². The van der Waals surface area contributed by atoms with Gasteiger partial charge in [-0.1, -0.05) is 6.07 Å². The molecule has 0 aromatic heterocycles. The lowest BCUT2D eigenvalue weighted by atomic mass is 10.2. The van der Waals surface area contributed by atoms with Gasteiger partial charge in [0.1, 0.15) is 0 Å². The second kappa shape index (κ2) is 5.19. The van der Waals surface area contributed by atoms with Gasteiger partial charge < -0.3 is 11.1 Å². The fourth-order valence-electron chi connectivity index (χ4n) is 1.11. The number of carbonyl (C=O) groups is 1. The van der Waals surface area contributed by atoms with E-state index in [1.807, 2.05) is 31.4 Å². The van der Waals surface area contributed by atoms with Gasteiger partial charge in [-0.05, 0) is 37.8 Å². The van der Waals surface area contributed by atoms with Gasteiger partial charge in [0.25, 0.3) is 0 Å². The number of hydrogen-bond acceptors (Lipinski definition) is 3. The molecule has 1 rings (SSSR count). The monoisotopic (exact) mass is 224 g/mol. The van der Waals surface area contributed by atoms with Crippen LogP contribution in [0.15, 0.2) is 23.1 Å². The summed E-state index contributed by atoms with van der Waals surface area (Å²) in [5.74, 6) is -0.156. The van der Waals surface area contributed by atoms with Crippen molar-refractivity contribution in [3.05, 3.63) is 23.8 Å². The van der Waals surface area contributed by atoms with Crippen molar-refractivity contribution < 1.29 is 4.79 Å². The second-order valence-electron chi connectivity index (χ2n) is 3.46. The maximum atomic E-state index is 11.4. The smallest absolute Gasteiger partial charge is 0.241 e. The number of thioether (sulfide) groups is 1. The summed E-state index contributed by atoms with van der Waals surface area (Å²) in [6, 6.07) is 5.49. The van der Waals surface area contributed by atoms with Crippen LogP contribution < -0.4 is 11.1 Å². The fourth-order valence-corrected chi connectivity index (χ4v) is 1.55. The van der Waals surface area contributed by atoms with Gasteiger partial charge in [0.05, 0.1) is 6.04 Å². The highest BCUT2D eigenvalue weighted by Crippen LogP contribution is 2.22. The van der Waals surface area contributed by atoms with E-state index in [0.717, 1.165) is 16.1 Å². The Labute approximate surface area is 94.4 Å². The average Bonchev–Trinajstić information content (AvgIpc) is 2.21. The lowest BCUT2D eigenvalue weighted by Gasteiger charge is -2.11. The third-order valence-electron chi connectivity index (χ3n) is 2.12. The predicted octanol–water partition coefficient (Wildman–Crippen LogP) is 2.00. The third kappa shape index (κ3) is 3.25. The van der Waals surface area contributed by atoms with Crippen LogP contribution in [0.4, 0.5) is 5.69 Å². The normalized spacial score (nSPS) is 12.3. The molecule has 1 amide bonds. The zero-order valence-corrected chi connectivity index (χ0v) is 10.0. The molecular formula is C11H16N2OS. The predicted molar refractivity (Wildman–Crippen MR) is 65.2 cm³/mol. The number of benzene rings is 1. The fraction of sp³-hybridized carbons (Fsp3) is 0.364. The first kappa shape index (κ1) is 12.1. The molecule has 0 radical (unpaired) electrons. The van der Waals surface area contributed by atoms with Gasteiger partial charge in [0.2, 0.25) is 5.91 Å². The minimum absolute atomic E-state index is 0.156. The topological polar surface area (TPSA) is 55.1 Å². The summed E-state index contributed by atoms with van der Waals surface area (Å²) in [6.45, 7) is 3.63. The van der Waals surface area contributed by atoms with Crippen molar-refractivity contribution in [2.75, 3.05) is 11.6 Å². The van der Waals surface area contributed by atoms with Gasteiger partial charge in [-0.3, -0.25) is 4.79 Å². The standard InChI is InChI=1S/C11H16N2OS/c1-7-4-5-9(15-3)6-10(7)13-11(14)8(2)12/h4-6,8H,12H2,1-3H3,(H,13,14). The molecule has 0 saturated carbocycles. The van der Waals surface area contributed by atoms with E-state index in [2.05, 4.69) is 5.32 Å². The number of anilines is 1. The highest BCUT2D eigenvalue weighted by atomic mass is 32.2. The van der Waals surface area contributed by atoms with Gasteiger partial charge in [-0.15, -0.1) is 11.8 Å². The molecule has 15 heavy (non-hydrogen) atoms. The zero-order chi connectivity index (χ0) is 11.4. The van der Waals surface area contributed by atoms with Gasteiger partial charge in [-0.25, -0.2) is 0 Å². The molecule has 0 bridgehead atoms. The first-order valence-corrected chi connectivity index (χ1v) is 5.98. The molecule has 0 aliphatic rings. The number of nitrogens with two attached hydrogens (primary N) is 1. The van der Waals surface area contributed by atoms with E-state index in [1.165, 1.54) is 0 Å². The van der Waals surface area contributed by atoms with Crippen molar-refractivity contribution in [1.29, 1.82) is 0 Å². The summed E-state index contributed by atoms with van der Waals surface area (Å²) >= 11 is 1.64. The van der Waals surface area contributed by atoms with Crippen molar-refractivity contribution in [3.63, 3.8) is 0 Å². The third-order valence-corrected chi connectivity index (χ3v) is 2.84. The summed E-state index contributed by atoms with van der Waals surface area (Å²) in [5.41, 5.74) is 7.37. The summed E-state index contributed by atoms with van der Waals surface area (Å²) < 4.78 is 0. The zero-order valence-electron chi connectivity index (χ0n) is 9.20. The quantitative estimate of drug-likeness (QED) is 0.772. The first-order valence-electron chi connectivity index (χ1n) is 4.75. The van der Waals surface area contributed by atoms with E-state index in [1.54, 1.807) is 18.7 Å². The van der Waals surface area contributed by atoms with Crippen LogP contribution >= 0.6 is 11.8 Å². The van der Waals surface area contributed by atoms with Gasteiger partial charge in [0.15, 0.2) is 0 Å². The maximum absolute atomic E-state index is 11.4. The van der Waals surface area contributed by atoms with E-state index in [0.29, 0.717) is 0 Å². The van der Waals surface area contributed by atoms with Gasteiger partial charge >= 0.3 is 0 Å². The number of hydrogen-bond donors (Lipinski definition) is 2. The van der Waals surface area contributed by atoms with Crippen LogP contribution in [-0.2, 0) is 4.79 Å². The number of rotatable bonds is 3. The molecule has 0 aliphatic heterocycles. The summed E-state index contributed by atoms with van der Waals surface area (Å²) in [7, 11) is 0.